The van der Waals surface area contributed by atoms with E-state index in [1.54, 1.807) is 0 Å². The maximum Gasteiger partial charge on any atom is 1.00 e. The summed E-state index contributed by atoms with van der Waals surface area (Å²) in [5.41, 5.74) is 0. The molecule has 0 aliphatic carbocycles. The molecule has 0 fully saturated rings. The summed E-state index contributed by atoms with van der Waals surface area (Å²) in [6.45, 7) is 1.26. The Kier molecular flexibility index (Phi) is 13.5. The van der Waals surface area contributed by atoms with E-state index >= 15 is 0 Å². The topological polar surface area (TPSA) is 80.3 Å². The van der Waals surface area contributed by atoms with Crippen molar-refractivity contribution in [1.29, 1.82) is 0 Å². The number of carboxylic acids is 2. The Hall–Kier alpha value is 0.421. The van der Waals surface area contributed by atoms with Gasteiger partial charge in [-0.15, -0.1) is 0 Å². The number of carbonyl (C=O) groups excluding carboxylic acids is 2. The van der Waals surface area contributed by atoms with Crippen LogP contribution in [0.2, 0.25) is 0 Å². The molecule has 1 unspecified atom stereocenters. The van der Waals surface area contributed by atoms with Crippen molar-refractivity contribution in [3.8, 4) is 0 Å². The molecule has 0 amide bonds. The van der Waals surface area contributed by atoms with E-state index < -0.39 is 24.3 Å². The molecule has 0 heterocycles. The zero-order valence-corrected chi connectivity index (χ0v) is 8.48. The molecule has 0 saturated heterocycles. The summed E-state index contributed by atoms with van der Waals surface area (Å²) >= 11 is 0. The smallest absolute Gasteiger partial charge is 0.550 e. The van der Waals surface area contributed by atoms with E-state index in [1.807, 2.05) is 0 Å². The molecular formula is C5H6Ag2O4. The van der Waals surface area contributed by atoms with Gasteiger partial charge in [0.1, 0.15) is 0 Å². The quantitative estimate of drug-likeness (QED) is 0.530. The van der Waals surface area contributed by atoms with Crippen LogP contribution in [0.4, 0.5) is 0 Å². The minimum absolute atomic E-state index is 0. The van der Waals surface area contributed by atoms with Gasteiger partial charge in [0, 0.05) is 17.9 Å². The normalized spacial score (nSPS) is 10.3. The largest absolute Gasteiger partial charge is 1.00 e. The number of rotatable bonds is 3. The molecular weight excluding hydrogens is 340 g/mol. The van der Waals surface area contributed by atoms with Crippen molar-refractivity contribution >= 4 is 11.9 Å². The van der Waals surface area contributed by atoms with Crippen LogP contribution in [0.25, 0.3) is 0 Å². The maximum atomic E-state index is 9.83. The van der Waals surface area contributed by atoms with E-state index in [4.69, 9.17) is 0 Å². The van der Waals surface area contributed by atoms with Gasteiger partial charge in [0.25, 0.3) is 0 Å². The van der Waals surface area contributed by atoms with Crippen LogP contribution in [-0.2, 0) is 54.3 Å². The van der Waals surface area contributed by atoms with Crippen LogP contribution in [0.3, 0.4) is 0 Å². The SMILES string of the molecule is CC(CC(=O)[O-])C(=O)[O-].[Ag+].[Ag+]. The predicted molar refractivity (Wildman–Crippen MR) is 23.8 cm³/mol. The first-order valence-electron chi connectivity index (χ1n) is 2.44. The summed E-state index contributed by atoms with van der Waals surface area (Å²) in [4.78, 5) is 19.5. The Morgan fingerprint density at radius 2 is 1.64 bits per heavy atom. The summed E-state index contributed by atoms with van der Waals surface area (Å²) in [6.07, 6.45) is -0.484. The summed E-state index contributed by atoms with van der Waals surface area (Å²) in [6, 6.07) is 0. The van der Waals surface area contributed by atoms with Crippen LogP contribution >= 0.6 is 0 Å². The molecule has 0 aromatic heterocycles. The van der Waals surface area contributed by atoms with Crippen molar-refractivity contribution in [3.05, 3.63) is 0 Å². The fourth-order valence-corrected chi connectivity index (χ4v) is 0.333. The molecule has 0 saturated carbocycles. The molecule has 1 atom stereocenters. The van der Waals surface area contributed by atoms with Gasteiger partial charge in [0.15, 0.2) is 0 Å². The molecule has 0 aromatic rings. The molecule has 0 spiro atoms. The third kappa shape index (κ3) is 10.4. The minimum atomic E-state index is -1.37. The number of aliphatic carboxylic acids is 2. The zero-order valence-electron chi connectivity index (χ0n) is 5.52. The summed E-state index contributed by atoms with van der Waals surface area (Å²) in [5.74, 6) is -3.69. The van der Waals surface area contributed by atoms with Gasteiger partial charge in [-0.2, -0.15) is 0 Å². The Morgan fingerprint density at radius 3 is 1.73 bits per heavy atom. The first-order chi connectivity index (χ1) is 4.04. The van der Waals surface area contributed by atoms with Crippen LogP contribution in [0, 0.1) is 5.92 Å². The third-order valence-corrected chi connectivity index (χ3v) is 0.875. The van der Waals surface area contributed by atoms with Gasteiger partial charge >= 0.3 is 44.8 Å². The van der Waals surface area contributed by atoms with Gasteiger partial charge in [-0.3, -0.25) is 0 Å². The molecule has 0 bridgehead atoms. The average molecular weight is 346 g/mol. The summed E-state index contributed by atoms with van der Waals surface area (Å²) in [7, 11) is 0. The molecule has 0 rings (SSSR count). The van der Waals surface area contributed by atoms with Crippen LogP contribution < -0.4 is 10.2 Å². The van der Waals surface area contributed by atoms with Gasteiger partial charge in [0.2, 0.25) is 0 Å². The second kappa shape index (κ2) is 8.52. The van der Waals surface area contributed by atoms with Crippen LogP contribution in [0.5, 0.6) is 0 Å². The van der Waals surface area contributed by atoms with Gasteiger partial charge < -0.3 is 19.8 Å². The van der Waals surface area contributed by atoms with E-state index in [1.165, 1.54) is 6.92 Å². The van der Waals surface area contributed by atoms with E-state index in [2.05, 4.69) is 0 Å². The second-order valence-corrected chi connectivity index (χ2v) is 1.80. The standard InChI is InChI=1S/C5H8O4.2Ag/c1-3(5(8)9)2-4(6)7;;/h3H,2H2,1H3,(H,6,7)(H,8,9);;/q;2*+1/p-2. The monoisotopic (exact) mass is 344 g/mol. The van der Waals surface area contributed by atoms with Gasteiger partial charge in [0.05, 0.1) is 0 Å². The molecule has 72 valence electrons. The van der Waals surface area contributed by atoms with Crippen LogP contribution in [0.1, 0.15) is 13.3 Å². The van der Waals surface area contributed by atoms with E-state index in [-0.39, 0.29) is 44.8 Å². The average Bonchev–Trinajstić information content (AvgIpc) is 1.63. The summed E-state index contributed by atoms with van der Waals surface area (Å²) < 4.78 is 0. The molecule has 0 aliphatic rings. The second-order valence-electron chi connectivity index (χ2n) is 1.80. The van der Waals surface area contributed by atoms with E-state index in [9.17, 15) is 19.8 Å². The van der Waals surface area contributed by atoms with Crippen LogP contribution in [0.15, 0.2) is 0 Å². The number of hydrogen-bond donors (Lipinski definition) is 0. The minimum Gasteiger partial charge on any atom is -0.550 e. The van der Waals surface area contributed by atoms with Crippen LogP contribution in [-0.4, -0.2) is 11.9 Å². The molecule has 6 heteroatoms. The number of carboxylic acid groups (broad SMARTS) is 2. The fourth-order valence-electron chi connectivity index (χ4n) is 0.333. The Bertz CT molecular complexity index is 136. The molecule has 0 radical (unpaired) electrons. The van der Waals surface area contributed by atoms with Crippen molar-refractivity contribution in [2.75, 3.05) is 0 Å². The first kappa shape index (κ1) is 17.5. The Balaban J connectivity index is -0.000000320. The third-order valence-electron chi connectivity index (χ3n) is 0.875. The molecule has 0 N–H and O–H groups in total. The molecule has 4 nitrogen and oxygen atoms in total. The van der Waals surface area contributed by atoms with Crippen molar-refractivity contribution in [2.24, 2.45) is 5.92 Å². The maximum absolute atomic E-state index is 9.83. The predicted octanol–water partition coefficient (Wildman–Crippen LogP) is -2.49. The number of hydrogen-bond acceptors (Lipinski definition) is 4. The van der Waals surface area contributed by atoms with Crippen molar-refractivity contribution in [2.45, 2.75) is 13.3 Å². The van der Waals surface area contributed by atoms with Crippen molar-refractivity contribution in [3.63, 3.8) is 0 Å². The molecule has 0 aliphatic heterocycles. The fraction of sp³-hybridized carbons (Fsp3) is 0.600. The molecule has 11 heavy (non-hydrogen) atoms. The first-order valence-corrected chi connectivity index (χ1v) is 2.44. The Labute approximate surface area is 95.4 Å². The van der Waals surface area contributed by atoms with Gasteiger partial charge in [-0.05, 0) is 6.42 Å². The number of carbonyl (C=O) groups is 2. The zero-order chi connectivity index (χ0) is 7.44. The van der Waals surface area contributed by atoms with Gasteiger partial charge in [-0.25, -0.2) is 0 Å². The molecule has 0 aromatic carbocycles. The van der Waals surface area contributed by atoms with Crippen molar-refractivity contribution in [1.82, 2.24) is 0 Å². The summed E-state index contributed by atoms with van der Waals surface area (Å²) in [5, 5.41) is 19.5. The van der Waals surface area contributed by atoms with E-state index in [0.29, 0.717) is 0 Å². The van der Waals surface area contributed by atoms with E-state index in [0.717, 1.165) is 0 Å². The van der Waals surface area contributed by atoms with Gasteiger partial charge in [-0.1, -0.05) is 6.92 Å². The van der Waals surface area contributed by atoms with Crippen molar-refractivity contribution < 1.29 is 64.6 Å². The Morgan fingerprint density at radius 1 is 1.27 bits per heavy atom.